The molecule has 144 valence electrons. The van der Waals surface area contributed by atoms with Crippen molar-refractivity contribution in [2.24, 2.45) is 5.92 Å². The number of methoxy groups -OCH3 is 2. The first kappa shape index (κ1) is 22.7. The zero-order chi connectivity index (χ0) is 16.2. The number of hydrogen-bond donors (Lipinski definition) is 1. The molecule has 1 aromatic carbocycles. The maximum atomic E-state index is 6.74. The Morgan fingerprint density at radius 2 is 1.72 bits per heavy atom. The van der Waals surface area contributed by atoms with Crippen LogP contribution in [0.1, 0.15) is 37.3 Å². The maximum Gasteiger partial charge on any atom is 0.179 e. The van der Waals surface area contributed by atoms with E-state index in [2.05, 4.69) is 16.3 Å². The second-order valence-corrected chi connectivity index (χ2v) is 6.86. The zero-order valence-electron chi connectivity index (χ0n) is 14.9. The summed E-state index contributed by atoms with van der Waals surface area (Å²) in [4.78, 5) is 2.60. The number of nitrogens with one attached hydrogen (secondary N) is 1. The predicted molar refractivity (Wildman–Crippen MR) is 108 cm³/mol. The van der Waals surface area contributed by atoms with Gasteiger partial charge >= 0.3 is 0 Å². The van der Waals surface area contributed by atoms with E-state index >= 15 is 0 Å². The molecule has 1 N–H and O–H groups in total. The van der Waals surface area contributed by atoms with E-state index in [1.807, 2.05) is 6.07 Å². The van der Waals surface area contributed by atoms with Crippen molar-refractivity contribution in [1.82, 2.24) is 10.2 Å². The molecule has 25 heavy (non-hydrogen) atoms. The molecule has 0 bridgehead atoms. The van der Waals surface area contributed by atoms with Gasteiger partial charge in [0.15, 0.2) is 11.5 Å². The van der Waals surface area contributed by atoms with E-state index in [0.29, 0.717) is 28.5 Å². The van der Waals surface area contributed by atoms with Gasteiger partial charge in [-0.15, -0.1) is 24.8 Å². The van der Waals surface area contributed by atoms with Crippen molar-refractivity contribution < 1.29 is 9.47 Å². The van der Waals surface area contributed by atoms with Gasteiger partial charge in [-0.25, -0.2) is 0 Å². The van der Waals surface area contributed by atoms with Crippen LogP contribution in [0.25, 0.3) is 0 Å². The summed E-state index contributed by atoms with van der Waals surface area (Å²) in [6.07, 6.45) is 5.24. The predicted octanol–water partition coefficient (Wildman–Crippen LogP) is 4.34. The van der Waals surface area contributed by atoms with Crippen LogP contribution in [0, 0.1) is 5.92 Å². The molecule has 1 aliphatic heterocycles. The summed E-state index contributed by atoms with van der Waals surface area (Å²) in [5, 5.41) is 4.16. The lowest BCUT2D eigenvalue weighted by atomic mass is 9.89. The van der Waals surface area contributed by atoms with Gasteiger partial charge in [-0.3, -0.25) is 4.90 Å². The van der Waals surface area contributed by atoms with Crippen molar-refractivity contribution in [2.45, 2.75) is 31.7 Å². The molecule has 0 unspecified atom stereocenters. The highest BCUT2D eigenvalue weighted by atomic mass is 35.5. The first-order valence-corrected chi connectivity index (χ1v) is 8.99. The molecule has 1 aromatic rings. The van der Waals surface area contributed by atoms with Gasteiger partial charge in [0.1, 0.15) is 0 Å². The third-order valence-electron chi connectivity index (χ3n) is 5.22. The molecule has 0 amide bonds. The van der Waals surface area contributed by atoms with Crippen LogP contribution in [0.2, 0.25) is 5.02 Å². The number of rotatable bonds is 5. The van der Waals surface area contributed by atoms with E-state index in [-0.39, 0.29) is 24.8 Å². The average molecular weight is 412 g/mol. The van der Waals surface area contributed by atoms with Crippen LogP contribution in [0.5, 0.6) is 11.5 Å². The van der Waals surface area contributed by atoms with Crippen molar-refractivity contribution in [1.29, 1.82) is 0 Å². The van der Waals surface area contributed by atoms with Crippen molar-refractivity contribution in [3.8, 4) is 11.5 Å². The Balaban J connectivity index is 0.00000156. The summed E-state index contributed by atoms with van der Waals surface area (Å²) in [5.74, 6) is 2.04. The highest BCUT2D eigenvalue weighted by molar-refractivity contribution is 6.33. The lowest BCUT2D eigenvalue weighted by Gasteiger charge is -2.39. The number of ether oxygens (including phenoxy) is 2. The molecule has 7 heteroatoms. The van der Waals surface area contributed by atoms with E-state index in [1.165, 1.54) is 31.2 Å². The fourth-order valence-corrected chi connectivity index (χ4v) is 4.46. The van der Waals surface area contributed by atoms with Crippen molar-refractivity contribution in [3.63, 3.8) is 0 Å². The van der Waals surface area contributed by atoms with E-state index in [0.717, 1.165) is 26.2 Å². The molecule has 0 aromatic heterocycles. The molecule has 2 aliphatic rings. The largest absolute Gasteiger partial charge is 0.493 e. The molecule has 4 nitrogen and oxygen atoms in total. The number of benzene rings is 1. The molecule has 1 saturated heterocycles. The molecule has 1 heterocycles. The molecule has 3 rings (SSSR count). The molecule has 2 fully saturated rings. The van der Waals surface area contributed by atoms with Gasteiger partial charge in [-0.1, -0.05) is 30.5 Å². The normalized spacial score (nSPS) is 19.6. The lowest BCUT2D eigenvalue weighted by Crippen LogP contribution is -2.46. The lowest BCUT2D eigenvalue weighted by molar-refractivity contribution is 0.125. The first-order chi connectivity index (χ1) is 11.3. The monoisotopic (exact) mass is 410 g/mol. The van der Waals surface area contributed by atoms with Crippen LogP contribution in [0.4, 0.5) is 0 Å². The van der Waals surface area contributed by atoms with E-state index < -0.39 is 0 Å². The second-order valence-electron chi connectivity index (χ2n) is 6.48. The zero-order valence-corrected chi connectivity index (χ0v) is 17.3. The summed E-state index contributed by atoms with van der Waals surface area (Å²) >= 11 is 6.74. The van der Waals surface area contributed by atoms with Crippen LogP contribution in [-0.2, 0) is 0 Å². The Kier molecular flexibility index (Phi) is 9.68. The highest BCUT2D eigenvalue weighted by Crippen LogP contribution is 2.46. The first-order valence-electron chi connectivity index (χ1n) is 8.61. The van der Waals surface area contributed by atoms with Crippen LogP contribution < -0.4 is 14.8 Å². The van der Waals surface area contributed by atoms with Crippen molar-refractivity contribution >= 4 is 36.4 Å². The molecule has 0 spiro atoms. The van der Waals surface area contributed by atoms with Crippen LogP contribution >= 0.6 is 36.4 Å². The smallest absolute Gasteiger partial charge is 0.179 e. The minimum absolute atomic E-state index is 0. The van der Waals surface area contributed by atoms with E-state index in [9.17, 15) is 0 Å². The molecule has 1 atom stereocenters. The minimum atomic E-state index is 0. The van der Waals surface area contributed by atoms with Gasteiger partial charge in [0.2, 0.25) is 0 Å². The van der Waals surface area contributed by atoms with Gasteiger partial charge in [-0.2, -0.15) is 0 Å². The minimum Gasteiger partial charge on any atom is -0.493 e. The van der Waals surface area contributed by atoms with Gasteiger partial charge in [0.05, 0.1) is 19.2 Å². The molecule has 0 radical (unpaired) electrons. The summed E-state index contributed by atoms with van der Waals surface area (Å²) in [5.41, 5.74) is 1.19. The molecular formula is C18H29Cl3N2O2. The number of hydrogen-bond acceptors (Lipinski definition) is 4. The summed E-state index contributed by atoms with van der Waals surface area (Å²) in [7, 11) is 3.31. The van der Waals surface area contributed by atoms with Crippen LogP contribution in [-0.4, -0.2) is 45.3 Å². The molecule has 1 saturated carbocycles. The Labute approximate surface area is 168 Å². The van der Waals surface area contributed by atoms with Crippen LogP contribution in [0.15, 0.2) is 12.1 Å². The summed E-state index contributed by atoms with van der Waals surface area (Å²) in [6, 6.07) is 4.51. The third kappa shape index (κ3) is 4.86. The van der Waals surface area contributed by atoms with Crippen molar-refractivity contribution in [2.75, 3.05) is 40.4 Å². The third-order valence-corrected chi connectivity index (χ3v) is 5.61. The Bertz CT molecular complexity index is 533. The standard InChI is InChI=1S/C18H27ClN2O2.2ClH/c1-22-15-8-7-14(16(19)18(15)23-2)17(13-5-3-4-6-13)21-11-9-20-10-12-21;;/h7-8,13,17,20H,3-6,9-12H2,1-2H3;2*1H/t17-;;/m0../s1. The Morgan fingerprint density at radius 1 is 1.08 bits per heavy atom. The SMILES string of the molecule is COc1ccc([C@H](C2CCCC2)N2CCNCC2)c(Cl)c1OC.Cl.Cl. The van der Waals surface area contributed by atoms with Crippen LogP contribution in [0.3, 0.4) is 0 Å². The fourth-order valence-electron chi connectivity index (χ4n) is 4.12. The molecule has 1 aliphatic carbocycles. The topological polar surface area (TPSA) is 33.7 Å². The van der Waals surface area contributed by atoms with E-state index in [1.54, 1.807) is 14.2 Å². The van der Waals surface area contributed by atoms with Gasteiger partial charge in [0.25, 0.3) is 0 Å². The number of halogens is 3. The Hall–Kier alpha value is -0.390. The maximum absolute atomic E-state index is 6.74. The number of piperazine rings is 1. The van der Waals surface area contributed by atoms with E-state index in [4.69, 9.17) is 21.1 Å². The summed E-state index contributed by atoms with van der Waals surface area (Å²) in [6.45, 7) is 4.25. The Morgan fingerprint density at radius 3 is 2.28 bits per heavy atom. The van der Waals surface area contributed by atoms with Gasteiger partial charge in [-0.05, 0) is 30.4 Å². The van der Waals surface area contributed by atoms with Gasteiger partial charge in [0, 0.05) is 32.2 Å². The highest BCUT2D eigenvalue weighted by Gasteiger charge is 2.34. The second kappa shape index (κ2) is 10.7. The number of nitrogens with zero attached hydrogens (tertiary/aromatic N) is 1. The molecular weight excluding hydrogens is 383 g/mol. The van der Waals surface area contributed by atoms with Gasteiger partial charge < -0.3 is 14.8 Å². The van der Waals surface area contributed by atoms with Crippen molar-refractivity contribution in [3.05, 3.63) is 22.7 Å². The summed E-state index contributed by atoms with van der Waals surface area (Å²) < 4.78 is 10.9. The average Bonchev–Trinajstić information content (AvgIpc) is 3.11. The quantitative estimate of drug-likeness (QED) is 0.781. The fraction of sp³-hybridized carbons (Fsp3) is 0.667.